The van der Waals surface area contributed by atoms with Crippen molar-refractivity contribution in [3.63, 3.8) is 0 Å². The van der Waals surface area contributed by atoms with Gasteiger partial charge >= 0.3 is 5.97 Å². The van der Waals surface area contributed by atoms with E-state index in [9.17, 15) is 4.79 Å². The number of carboxylic acids is 1. The molecule has 0 aromatic heterocycles. The highest BCUT2D eigenvalue weighted by Gasteiger charge is 2.46. The fraction of sp³-hybridized carbons (Fsp3) is 0.583. The van der Waals surface area contributed by atoms with Crippen LogP contribution in [0.3, 0.4) is 0 Å². The molecule has 1 saturated heterocycles. The molecular weight excluding hydrogens is 526 g/mol. The molecule has 0 bridgehead atoms. The lowest BCUT2D eigenvalue weighted by molar-refractivity contribution is -0.197. The molecule has 230 valence electrons. The smallest absolute Gasteiger partial charge is 0.303 e. The molecule has 1 saturated carbocycles. The number of carbonyl (C=O) groups is 1. The Kier molecular flexibility index (Phi) is 14.1. The van der Waals surface area contributed by atoms with Gasteiger partial charge in [0.15, 0.2) is 6.29 Å². The van der Waals surface area contributed by atoms with E-state index in [-0.39, 0.29) is 36.9 Å². The number of hydrogen-bond donors (Lipinski definition) is 1. The van der Waals surface area contributed by atoms with Gasteiger partial charge in [0.05, 0.1) is 18.8 Å². The minimum Gasteiger partial charge on any atom is -0.481 e. The first-order chi connectivity index (χ1) is 20.6. The summed E-state index contributed by atoms with van der Waals surface area (Å²) < 4.78 is 19.4. The first-order valence-electron chi connectivity index (χ1n) is 16.1. The van der Waals surface area contributed by atoms with Gasteiger partial charge in [0.2, 0.25) is 0 Å². The molecule has 6 nitrogen and oxygen atoms in total. The molecule has 2 aromatic rings. The third-order valence-corrected chi connectivity index (χ3v) is 8.70. The number of rotatable bonds is 18. The fourth-order valence-corrected chi connectivity index (χ4v) is 6.46. The number of hydrogen-bond acceptors (Lipinski definition) is 5. The molecule has 1 heterocycles. The lowest BCUT2D eigenvalue weighted by Crippen LogP contribution is -2.46. The molecule has 1 N–H and O–H groups in total. The summed E-state index contributed by atoms with van der Waals surface area (Å²) in [6, 6.07) is 21.4. The average molecular weight is 578 g/mol. The monoisotopic (exact) mass is 577 g/mol. The number of likely N-dealkylation sites (N-methyl/N-ethyl adjacent to an activating group) is 1. The summed E-state index contributed by atoms with van der Waals surface area (Å²) >= 11 is 0. The summed E-state index contributed by atoms with van der Waals surface area (Å²) in [5.74, 6) is -0.448. The highest BCUT2D eigenvalue weighted by atomic mass is 16.7. The van der Waals surface area contributed by atoms with Gasteiger partial charge in [0, 0.05) is 31.4 Å². The molecule has 0 amide bonds. The van der Waals surface area contributed by atoms with Gasteiger partial charge in [-0.2, -0.15) is 0 Å². The lowest BCUT2D eigenvalue weighted by atomic mass is 9.94. The molecule has 1 aliphatic heterocycles. The molecule has 4 rings (SSSR count). The zero-order valence-corrected chi connectivity index (χ0v) is 25.4. The Morgan fingerprint density at radius 1 is 0.952 bits per heavy atom. The van der Waals surface area contributed by atoms with Crippen LogP contribution in [-0.4, -0.2) is 60.7 Å². The van der Waals surface area contributed by atoms with Crippen molar-refractivity contribution in [1.82, 2.24) is 4.90 Å². The van der Waals surface area contributed by atoms with E-state index in [1.165, 1.54) is 24.0 Å². The molecule has 5 atom stereocenters. The molecule has 2 aliphatic rings. The van der Waals surface area contributed by atoms with E-state index in [1.54, 1.807) is 0 Å². The van der Waals surface area contributed by atoms with E-state index >= 15 is 0 Å². The van der Waals surface area contributed by atoms with Crippen molar-refractivity contribution in [2.45, 2.75) is 108 Å². The number of aliphatic carboxylic acids is 1. The third-order valence-electron chi connectivity index (χ3n) is 8.70. The van der Waals surface area contributed by atoms with Gasteiger partial charge < -0.3 is 24.2 Å². The maximum atomic E-state index is 10.9. The zero-order chi connectivity index (χ0) is 29.4. The predicted octanol–water partition coefficient (Wildman–Crippen LogP) is 7.42. The summed E-state index contributed by atoms with van der Waals surface area (Å²) in [6.45, 7) is 2.39. The normalized spacial score (nSPS) is 24.5. The van der Waals surface area contributed by atoms with Gasteiger partial charge in [-0.25, -0.2) is 0 Å². The molecule has 6 heteroatoms. The number of allylic oxidation sites excluding steroid dienone is 2. The second-order valence-electron chi connectivity index (χ2n) is 12.0. The maximum absolute atomic E-state index is 10.9. The first kappa shape index (κ1) is 32.4. The van der Waals surface area contributed by atoms with Gasteiger partial charge in [-0.1, -0.05) is 79.2 Å². The van der Waals surface area contributed by atoms with Crippen LogP contribution >= 0.6 is 0 Å². The number of aryl methyl sites for hydroxylation is 1. The summed E-state index contributed by atoms with van der Waals surface area (Å²) in [7, 11) is 2.25. The Morgan fingerprint density at radius 3 is 2.43 bits per heavy atom. The molecule has 1 unspecified atom stereocenters. The minimum atomic E-state index is -0.732. The van der Waals surface area contributed by atoms with Crippen LogP contribution in [0, 0.1) is 5.92 Å². The van der Waals surface area contributed by atoms with Gasteiger partial charge in [-0.3, -0.25) is 4.79 Å². The second kappa shape index (κ2) is 18.2. The summed E-state index contributed by atoms with van der Waals surface area (Å²) in [4.78, 5) is 13.4. The van der Waals surface area contributed by atoms with Crippen LogP contribution < -0.4 is 0 Å². The summed E-state index contributed by atoms with van der Waals surface area (Å²) in [5.41, 5.74) is 2.60. The topological polar surface area (TPSA) is 68.2 Å². The van der Waals surface area contributed by atoms with Crippen molar-refractivity contribution in [3.8, 4) is 0 Å². The Labute approximate surface area is 253 Å². The number of nitrogens with zero attached hydrogens (tertiary/aromatic N) is 1. The highest BCUT2D eigenvalue weighted by Crippen LogP contribution is 2.39. The van der Waals surface area contributed by atoms with Gasteiger partial charge in [-0.05, 0) is 82.5 Å². The Bertz CT molecular complexity index is 1040. The SMILES string of the molecule is CN(CCCCCc1ccccc1)[C@H]1[C@H](C/C=C\CCCC(=O)O)[C@H](OCc2ccccc2)C[C@@H]1OC1CCCCO1. The molecule has 2 aromatic carbocycles. The Balaban J connectivity index is 1.41. The highest BCUT2D eigenvalue weighted by molar-refractivity contribution is 5.66. The first-order valence-corrected chi connectivity index (χ1v) is 16.1. The van der Waals surface area contributed by atoms with Crippen LogP contribution in [0.1, 0.15) is 81.8 Å². The molecular formula is C36H51NO5. The van der Waals surface area contributed by atoms with Crippen LogP contribution in [0.2, 0.25) is 0 Å². The molecule has 42 heavy (non-hydrogen) atoms. The van der Waals surface area contributed by atoms with Crippen molar-refractivity contribution in [3.05, 3.63) is 83.9 Å². The van der Waals surface area contributed by atoms with Crippen molar-refractivity contribution < 1.29 is 24.1 Å². The van der Waals surface area contributed by atoms with E-state index < -0.39 is 5.97 Å². The number of ether oxygens (including phenoxy) is 3. The Hall–Kier alpha value is -2.51. The quantitative estimate of drug-likeness (QED) is 0.147. The lowest BCUT2D eigenvalue weighted by Gasteiger charge is -2.36. The largest absolute Gasteiger partial charge is 0.481 e. The predicted molar refractivity (Wildman–Crippen MR) is 167 cm³/mol. The molecule has 0 radical (unpaired) electrons. The van der Waals surface area contributed by atoms with E-state index in [1.807, 2.05) is 6.07 Å². The standard InChI is InChI=1S/C36H51NO5/c1-37(25-15-6-11-19-29-17-7-4-8-18-29)36-31(22-12-2-3-13-23-34(38)39)32(41-28-30-20-9-5-10-21-30)27-33(36)42-35-24-14-16-26-40-35/h2,4-5,7-10,12,17-18,20-21,31-33,35-36H,3,6,11,13-16,19,22-28H2,1H3,(H,38,39)/b12-2-/t31-,32-,33+,35?,36+/m1/s1. The van der Waals surface area contributed by atoms with Gasteiger partial charge in [-0.15, -0.1) is 0 Å². The summed E-state index contributed by atoms with van der Waals surface area (Å²) in [5, 5.41) is 8.98. The number of carboxylic acid groups (broad SMARTS) is 1. The van der Waals surface area contributed by atoms with Crippen molar-refractivity contribution in [2.24, 2.45) is 5.92 Å². The van der Waals surface area contributed by atoms with Gasteiger partial charge in [0.1, 0.15) is 0 Å². The third kappa shape index (κ3) is 11.0. The van der Waals surface area contributed by atoms with Crippen molar-refractivity contribution in [2.75, 3.05) is 20.2 Å². The van der Waals surface area contributed by atoms with Crippen molar-refractivity contribution >= 4 is 5.97 Å². The van der Waals surface area contributed by atoms with Crippen LogP contribution in [0.5, 0.6) is 0 Å². The van der Waals surface area contributed by atoms with Crippen molar-refractivity contribution in [1.29, 1.82) is 0 Å². The second-order valence-corrected chi connectivity index (χ2v) is 12.0. The van der Waals surface area contributed by atoms with E-state index in [0.717, 1.165) is 64.5 Å². The average Bonchev–Trinajstić information content (AvgIpc) is 3.35. The van der Waals surface area contributed by atoms with Crippen LogP contribution in [0.4, 0.5) is 0 Å². The molecule has 2 fully saturated rings. The van der Waals surface area contributed by atoms with E-state index in [2.05, 4.69) is 78.7 Å². The molecule has 1 aliphatic carbocycles. The zero-order valence-electron chi connectivity index (χ0n) is 25.4. The number of benzene rings is 2. The van der Waals surface area contributed by atoms with Crippen LogP contribution in [0.15, 0.2) is 72.8 Å². The van der Waals surface area contributed by atoms with Crippen LogP contribution in [0.25, 0.3) is 0 Å². The molecule has 0 spiro atoms. The maximum Gasteiger partial charge on any atom is 0.303 e. The van der Waals surface area contributed by atoms with E-state index in [4.69, 9.17) is 19.3 Å². The summed E-state index contributed by atoms with van der Waals surface area (Å²) in [6.07, 6.45) is 15.7. The van der Waals surface area contributed by atoms with Gasteiger partial charge in [0.25, 0.3) is 0 Å². The minimum absolute atomic E-state index is 0.0496. The fourth-order valence-electron chi connectivity index (χ4n) is 6.46. The number of unbranched alkanes of at least 4 members (excludes halogenated alkanes) is 3. The van der Waals surface area contributed by atoms with Crippen LogP contribution in [-0.2, 0) is 32.0 Å². The Morgan fingerprint density at radius 2 is 1.71 bits per heavy atom. The van der Waals surface area contributed by atoms with E-state index in [0.29, 0.717) is 13.0 Å².